The third-order valence-corrected chi connectivity index (χ3v) is 4.37. The van der Waals surface area contributed by atoms with Crippen LogP contribution < -0.4 is 0 Å². The van der Waals surface area contributed by atoms with Crippen LogP contribution in [0.2, 0.25) is 5.02 Å². The molecule has 0 aliphatic heterocycles. The van der Waals surface area contributed by atoms with Crippen LogP contribution in [0.5, 0.6) is 0 Å². The molecule has 3 aromatic rings. The van der Waals surface area contributed by atoms with Gasteiger partial charge in [0.2, 0.25) is 0 Å². The zero-order valence-electron chi connectivity index (χ0n) is 11.8. The predicted molar refractivity (Wildman–Crippen MR) is 88.5 cm³/mol. The molecule has 0 saturated heterocycles. The Morgan fingerprint density at radius 3 is 2.10 bits per heavy atom. The third kappa shape index (κ3) is 2.01. The van der Waals surface area contributed by atoms with Crippen molar-refractivity contribution in [3.05, 3.63) is 70.7 Å². The van der Waals surface area contributed by atoms with Gasteiger partial charge in [-0.3, -0.25) is 0 Å². The zero-order chi connectivity index (χ0) is 14.1. The molecule has 0 amide bonds. The average Bonchev–Trinajstić information content (AvgIpc) is 2.49. The second kappa shape index (κ2) is 5.30. The van der Waals surface area contributed by atoms with Gasteiger partial charge in [0.05, 0.1) is 5.02 Å². The molecule has 0 aliphatic rings. The molecule has 3 aromatic carbocycles. The topological polar surface area (TPSA) is 0 Å². The Labute approximate surface area is 125 Å². The van der Waals surface area contributed by atoms with E-state index in [1.54, 1.807) is 0 Å². The smallest absolute Gasteiger partial charge is 0.0519 e. The minimum atomic E-state index is 0.903. The molecule has 0 aromatic heterocycles. The number of hydrogen-bond donors (Lipinski definition) is 0. The van der Waals surface area contributed by atoms with Gasteiger partial charge in [0.1, 0.15) is 0 Å². The lowest BCUT2D eigenvalue weighted by atomic mass is 9.89. The summed E-state index contributed by atoms with van der Waals surface area (Å²) in [6.45, 7) is 4.34. The molecule has 0 radical (unpaired) electrons. The highest BCUT2D eigenvalue weighted by molar-refractivity contribution is 6.37. The monoisotopic (exact) mass is 280 g/mol. The maximum absolute atomic E-state index is 6.61. The van der Waals surface area contributed by atoms with Crippen molar-refractivity contribution >= 4 is 22.4 Å². The summed E-state index contributed by atoms with van der Waals surface area (Å²) >= 11 is 6.61. The fourth-order valence-electron chi connectivity index (χ4n) is 2.97. The first-order valence-corrected chi connectivity index (χ1v) is 7.37. The number of rotatable bonds is 2. The van der Waals surface area contributed by atoms with Gasteiger partial charge in [0.15, 0.2) is 0 Å². The maximum Gasteiger partial charge on any atom is 0.0519 e. The largest absolute Gasteiger partial charge is 0.0833 e. The second-order valence-electron chi connectivity index (χ2n) is 5.06. The lowest BCUT2D eigenvalue weighted by molar-refractivity contribution is 1.12. The highest BCUT2D eigenvalue weighted by Gasteiger charge is 2.15. The minimum Gasteiger partial charge on any atom is -0.0833 e. The van der Waals surface area contributed by atoms with Crippen LogP contribution in [0.3, 0.4) is 0 Å². The average molecular weight is 281 g/mol. The molecule has 0 bridgehead atoms. The van der Waals surface area contributed by atoms with Gasteiger partial charge in [-0.1, -0.05) is 73.1 Å². The van der Waals surface area contributed by atoms with Crippen molar-refractivity contribution in [1.29, 1.82) is 0 Å². The van der Waals surface area contributed by atoms with Crippen molar-refractivity contribution in [3.63, 3.8) is 0 Å². The Balaban J connectivity index is 2.47. The fraction of sp³-hybridized carbons (Fsp3) is 0.158. The number of benzene rings is 3. The molecule has 0 N–H and O–H groups in total. The van der Waals surface area contributed by atoms with E-state index in [2.05, 4.69) is 68.4 Å². The van der Waals surface area contributed by atoms with Crippen molar-refractivity contribution in [3.8, 4) is 11.1 Å². The Bertz CT molecular complexity index is 758. The molecule has 0 unspecified atom stereocenters. The van der Waals surface area contributed by atoms with Crippen LogP contribution in [0.25, 0.3) is 21.9 Å². The molecule has 0 saturated carbocycles. The summed E-state index contributed by atoms with van der Waals surface area (Å²) in [5.74, 6) is 0. The van der Waals surface area contributed by atoms with Gasteiger partial charge in [0.25, 0.3) is 0 Å². The summed E-state index contributed by atoms with van der Waals surface area (Å²) in [5.41, 5.74) is 5.11. The van der Waals surface area contributed by atoms with E-state index in [-0.39, 0.29) is 0 Å². The van der Waals surface area contributed by atoms with Gasteiger partial charge in [-0.2, -0.15) is 0 Å². The lowest BCUT2D eigenvalue weighted by Crippen LogP contribution is -1.95. The standard InChI is InChI=1S/C19H17Cl/c1-3-15-13(2)18(14-9-5-4-6-10-14)16-11-7-8-12-17(16)19(15)20/h4-12H,3H2,1-2H3. The van der Waals surface area contributed by atoms with Crippen LogP contribution in [0.15, 0.2) is 54.6 Å². The Morgan fingerprint density at radius 2 is 1.45 bits per heavy atom. The molecule has 0 heterocycles. The predicted octanol–water partition coefficient (Wildman–Crippen LogP) is 6.03. The molecule has 3 rings (SSSR count). The van der Waals surface area contributed by atoms with E-state index < -0.39 is 0 Å². The van der Waals surface area contributed by atoms with Gasteiger partial charge in [-0.05, 0) is 41.0 Å². The molecular formula is C19H17Cl. The maximum atomic E-state index is 6.61. The first-order valence-electron chi connectivity index (χ1n) is 6.99. The minimum absolute atomic E-state index is 0.903. The molecule has 20 heavy (non-hydrogen) atoms. The van der Waals surface area contributed by atoms with Crippen molar-refractivity contribution in [2.75, 3.05) is 0 Å². The van der Waals surface area contributed by atoms with Crippen molar-refractivity contribution in [2.24, 2.45) is 0 Å². The summed E-state index contributed by atoms with van der Waals surface area (Å²) in [4.78, 5) is 0. The Hall–Kier alpha value is -1.79. The number of halogens is 1. The summed E-state index contributed by atoms with van der Waals surface area (Å²) < 4.78 is 0. The highest BCUT2D eigenvalue weighted by Crippen LogP contribution is 2.39. The van der Waals surface area contributed by atoms with E-state index in [1.165, 1.54) is 27.6 Å². The van der Waals surface area contributed by atoms with E-state index in [9.17, 15) is 0 Å². The summed E-state index contributed by atoms with van der Waals surface area (Å²) in [6.07, 6.45) is 0.954. The number of hydrogen-bond acceptors (Lipinski definition) is 0. The van der Waals surface area contributed by atoms with E-state index >= 15 is 0 Å². The first kappa shape index (κ1) is 13.2. The molecule has 100 valence electrons. The summed E-state index contributed by atoms with van der Waals surface area (Å²) in [5, 5.41) is 3.29. The lowest BCUT2D eigenvalue weighted by Gasteiger charge is -2.17. The molecule has 0 aliphatic carbocycles. The molecule has 0 fully saturated rings. The molecular weight excluding hydrogens is 264 g/mol. The second-order valence-corrected chi connectivity index (χ2v) is 5.44. The molecule has 0 nitrogen and oxygen atoms in total. The van der Waals surface area contributed by atoms with Crippen LogP contribution in [-0.2, 0) is 6.42 Å². The van der Waals surface area contributed by atoms with Crippen LogP contribution in [0.1, 0.15) is 18.1 Å². The quantitative estimate of drug-likeness (QED) is 0.537. The van der Waals surface area contributed by atoms with Crippen molar-refractivity contribution in [2.45, 2.75) is 20.3 Å². The van der Waals surface area contributed by atoms with Crippen LogP contribution in [0, 0.1) is 6.92 Å². The molecule has 1 heteroatoms. The van der Waals surface area contributed by atoms with Crippen LogP contribution in [0.4, 0.5) is 0 Å². The summed E-state index contributed by atoms with van der Waals surface area (Å²) in [6, 6.07) is 19.0. The van der Waals surface area contributed by atoms with Gasteiger partial charge in [-0.25, -0.2) is 0 Å². The van der Waals surface area contributed by atoms with E-state index in [0.29, 0.717) is 0 Å². The van der Waals surface area contributed by atoms with Gasteiger partial charge < -0.3 is 0 Å². The first-order chi connectivity index (χ1) is 9.74. The fourth-order valence-corrected chi connectivity index (χ4v) is 3.41. The Kier molecular flexibility index (Phi) is 3.50. The van der Waals surface area contributed by atoms with Gasteiger partial charge in [0, 0.05) is 5.39 Å². The molecule has 0 spiro atoms. The zero-order valence-corrected chi connectivity index (χ0v) is 12.5. The van der Waals surface area contributed by atoms with E-state index in [0.717, 1.165) is 16.8 Å². The Morgan fingerprint density at radius 1 is 0.850 bits per heavy atom. The number of fused-ring (bicyclic) bond motifs is 1. The van der Waals surface area contributed by atoms with Gasteiger partial charge >= 0.3 is 0 Å². The normalized spacial score (nSPS) is 10.9. The van der Waals surface area contributed by atoms with Gasteiger partial charge in [-0.15, -0.1) is 0 Å². The highest BCUT2D eigenvalue weighted by atomic mass is 35.5. The third-order valence-electron chi connectivity index (χ3n) is 3.94. The SMILES string of the molecule is CCc1c(C)c(-c2ccccc2)c2ccccc2c1Cl. The molecule has 0 atom stereocenters. The summed E-state index contributed by atoms with van der Waals surface area (Å²) in [7, 11) is 0. The van der Waals surface area contributed by atoms with Crippen molar-refractivity contribution < 1.29 is 0 Å². The van der Waals surface area contributed by atoms with Crippen LogP contribution in [-0.4, -0.2) is 0 Å². The van der Waals surface area contributed by atoms with E-state index in [4.69, 9.17) is 11.6 Å². The van der Waals surface area contributed by atoms with E-state index in [1.807, 2.05) is 0 Å². The van der Waals surface area contributed by atoms with Crippen LogP contribution >= 0.6 is 11.6 Å². The van der Waals surface area contributed by atoms with Crippen molar-refractivity contribution in [1.82, 2.24) is 0 Å².